The molecule has 2 aliphatic heterocycles. The summed E-state index contributed by atoms with van der Waals surface area (Å²) < 4.78 is 39.3. The third-order valence-corrected chi connectivity index (χ3v) is 6.55. The lowest BCUT2D eigenvalue weighted by molar-refractivity contribution is -0.119. The van der Waals surface area contributed by atoms with Crippen LogP contribution < -0.4 is 19.1 Å². The van der Waals surface area contributed by atoms with Crippen LogP contribution in [-0.4, -0.2) is 35.1 Å². The number of nitrogens with one attached hydrogen (secondary N) is 1. The number of anilines is 2. The van der Waals surface area contributed by atoms with Gasteiger partial charge in [-0.2, -0.15) is 0 Å². The second-order valence-electron chi connectivity index (χ2n) is 6.91. The molecule has 7 nitrogen and oxygen atoms in total. The lowest BCUT2D eigenvalue weighted by Gasteiger charge is -2.35. The molecule has 0 unspecified atom stereocenters. The zero-order valence-corrected chi connectivity index (χ0v) is 16.6. The standard InChI is InChI=1S/C20H22N2O5S/c1-26-15-6-7-18(27-2)17(12-15)21-28(24,25)16-10-13-4-3-9-22-19(23)8-5-14(11-16)20(13)22/h6-7,10-12,21H,3-5,8-9H2,1-2H3. The molecule has 8 heteroatoms. The van der Waals surface area contributed by atoms with Gasteiger partial charge in [-0.05, 0) is 54.7 Å². The van der Waals surface area contributed by atoms with Gasteiger partial charge in [0.15, 0.2) is 0 Å². The van der Waals surface area contributed by atoms with Gasteiger partial charge in [0.2, 0.25) is 5.91 Å². The quantitative estimate of drug-likeness (QED) is 0.831. The molecule has 4 rings (SSSR count). The Morgan fingerprint density at radius 2 is 1.75 bits per heavy atom. The number of carbonyl (C=O) groups excluding carboxylic acids is 1. The zero-order valence-electron chi connectivity index (χ0n) is 15.8. The Balaban J connectivity index is 1.74. The van der Waals surface area contributed by atoms with E-state index >= 15 is 0 Å². The minimum atomic E-state index is -3.83. The van der Waals surface area contributed by atoms with E-state index in [-0.39, 0.29) is 10.8 Å². The Hall–Kier alpha value is -2.74. The summed E-state index contributed by atoms with van der Waals surface area (Å²) in [6.45, 7) is 0.699. The van der Waals surface area contributed by atoms with E-state index in [0.29, 0.717) is 36.6 Å². The molecule has 0 atom stereocenters. The summed E-state index contributed by atoms with van der Waals surface area (Å²) in [4.78, 5) is 14.2. The number of nitrogens with zero attached hydrogens (tertiary/aromatic N) is 1. The molecule has 0 saturated heterocycles. The van der Waals surface area contributed by atoms with Crippen molar-refractivity contribution in [2.75, 3.05) is 30.4 Å². The van der Waals surface area contributed by atoms with Gasteiger partial charge in [-0.15, -0.1) is 0 Å². The van der Waals surface area contributed by atoms with Gasteiger partial charge in [-0.25, -0.2) is 8.42 Å². The van der Waals surface area contributed by atoms with E-state index in [1.807, 2.05) is 0 Å². The molecule has 0 saturated carbocycles. The molecule has 2 heterocycles. The summed E-state index contributed by atoms with van der Waals surface area (Å²) in [5, 5.41) is 0. The second-order valence-corrected chi connectivity index (χ2v) is 8.59. The molecule has 0 radical (unpaired) electrons. The van der Waals surface area contributed by atoms with Gasteiger partial charge >= 0.3 is 0 Å². The molecule has 0 aromatic heterocycles. The van der Waals surface area contributed by atoms with E-state index in [9.17, 15) is 13.2 Å². The minimum Gasteiger partial charge on any atom is -0.497 e. The second kappa shape index (κ2) is 7.01. The normalized spacial score (nSPS) is 15.8. The summed E-state index contributed by atoms with van der Waals surface area (Å²) >= 11 is 0. The molecule has 0 spiro atoms. The van der Waals surface area contributed by atoms with Crippen LogP contribution in [0.2, 0.25) is 0 Å². The SMILES string of the molecule is COc1ccc(OC)c(NS(=O)(=O)c2cc3c4c(c2)CCC(=O)N4CCC3)c1. The predicted octanol–water partition coefficient (Wildman–Crippen LogP) is 2.73. The maximum atomic E-state index is 13.1. The van der Waals surface area contributed by atoms with Crippen molar-refractivity contribution in [3.8, 4) is 11.5 Å². The first kappa shape index (κ1) is 18.6. The number of sulfonamides is 1. The lowest BCUT2D eigenvalue weighted by Crippen LogP contribution is -2.39. The van der Waals surface area contributed by atoms with Gasteiger partial charge in [-0.1, -0.05) is 0 Å². The number of hydrogen-bond donors (Lipinski definition) is 1. The molecule has 1 N–H and O–H groups in total. The molecule has 148 valence electrons. The average Bonchev–Trinajstić information content (AvgIpc) is 2.70. The van der Waals surface area contributed by atoms with E-state index < -0.39 is 10.0 Å². The zero-order chi connectivity index (χ0) is 19.9. The Morgan fingerprint density at radius 3 is 2.46 bits per heavy atom. The maximum Gasteiger partial charge on any atom is 0.262 e. The predicted molar refractivity (Wildman–Crippen MR) is 106 cm³/mol. The number of benzene rings is 2. The van der Waals surface area contributed by atoms with E-state index in [0.717, 1.165) is 29.7 Å². The number of ether oxygens (including phenoxy) is 2. The topological polar surface area (TPSA) is 84.9 Å². The van der Waals surface area contributed by atoms with Gasteiger partial charge < -0.3 is 14.4 Å². The van der Waals surface area contributed by atoms with E-state index in [1.165, 1.54) is 14.2 Å². The number of rotatable bonds is 5. The molecule has 2 aromatic rings. The Morgan fingerprint density at radius 1 is 1.00 bits per heavy atom. The summed E-state index contributed by atoms with van der Waals surface area (Å²) in [5.41, 5.74) is 3.04. The highest BCUT2D eigenvalue weighted by Gasteiger charge is 2.31. The van der Waals surface area contributed by atoms with Gasteiger partial charge in [-0.3, -0.25) is 9.52 Å². The number of amides is 1. The summed E-state index contributed by atoms with van der Waals surface area (Å²) in [7, 11) is -0.837. The average molecular weight is 402 g/mol. The van der Waals surface area contributed by atoms with Crippen LogP contribution in [0.5, 0.6) is 11.5 Å². The van der Waals surface area contributed by atoms with Crippen molar-refractivity contribution >= 4 is 27.3 Å². The van der Waals surface area contributed by atoms with Crippen LogP contribution in [-0.2, 0) is 27.7 Å². The van der Waals surface area contributed by atoms with E-state index in [2.05, 4.69) is 4.72 Å². The van der Waals surface area contributed by atoms with Gasteiger partial charge in [0, 0.05) is 19.0 Å². The summed E-state index contributed by atoms with van der Waals surface area (Å²) in [6.07, 6.45) is 2.56. The third-order valence-electron chi connectivity index (χ3n) is 5.21. The van der Waals surface area contributed by atoms with Crippen molar-refractivity contribution in [3.05, 3.63) is 41.5 Å². The third kappa shape index (κ3) is 3.17. The van der Waals surface area contributed by atoms with Crippen LogP contribution in [0.15, 0.2) is 35.2 Å². The van der Waals surface area contributed by atoms with Crippen molar-refractivity contribution < 1.29 is 22.7 Å². The first-order valence-electron chi connectivity index (χ1n) is 9.14. The van der Waals surface area contributed by atoms with Gasteiger partial charge in [0.1, 0.15) is 11.5 Å². The van der Waals surface area contributed by atoms with E-state index in [4.69, 9.17) is 9.47 Å². The maximum absolute atomic E-state index is 13.1. The van der Waals surface area contributed by atoms with Crippen LogP contribution >= 0.6 is 0 Å². The van der Waals surface area contributed by atoms with Crippen molar-refractivity contribution in [1.82, 2.24) is 0 Å². The number of hydrogen-bond acceptors (Lipinski definition) is 5. The Bertz CT molecular complexity index is 1030. The molecular weight excluding hydrogens is 380 g/mol. The van der Waals surface area contributed by atoms with Gasteiger partial charge in [0.25, 0.3) is 10.0 Å². The molecular formula is C20H22N2O5S. The van der Waals surface area contributed by atoms with Crippen molar-refractivity contribution in [2.45, 2.75) is 30.6 Å². The van der Waals surface area contributed by atoms with Crippen molar-refractivity contribution in [1.29, 1.82) is 0 Å². The van der Waals surface area contributed by atoms with Crippen LogP contribution in [0.4, 0.5) is 11.4 Å². The Labute approximate surface area is 164 Å². The molecule has 0 aliphatic carbocycles. The highest BCUT2D eigenvalue weighted by Crippen LogP contribution is 2.38. The fraction of sp³-hybridized carbons (Fsp3) is 0.350. The molecule has 1 amide bonds. The van der Waals surface area contributed by atoms with Crippen molar-refractivity contribution in [3.63, 3.8) is 0 Å². The minimum absolute atomic E-state index is 0.114. The fourth-order valence-corrected chi connectivity index (χ4v) is 5.04. The summed E-state index contributed by atoms with van der Waals surface area (Å²) in [6, 6.07) is 8.29. The first-order valence-corrected chi connectivity index (χ1v) is 10.6. The van der Waals surface area contributed by atoms with Crippen LogP contribution in [0.3, 0.4) is 0 Å². The molecule has 2 aromatic carbocycles. The fourth-order valence-electron chi connectivity index (χ4n) is 3.87. The van der Waals surface area contributed by atoms with Gasteiger partial charge in [0.05, 0.1) is 30.5 Å². The molecule has 0 bridgehead atoms. The first-order chi connectivity index (χ1) is 13.4. The highest BCUT2D eigenvalue weighted by atomic mass is 32.2. The van der Waals surface area contributed by atoms with Crippen LogP contribution in [0.25, 0.3) is 0 Å². The number of aryl methyl sites for hydroxylation is 2. The Kier molecular flexibility index (Phi) is 4.66. The van der Waals surface area contributed by atoms with Crippen LogP contribution in [0, 0.1) is 0 Å². The molecule has 0 fully saturated rings. The molecule has 28 heavy (non-hydrogen) atoms. The molecule has 2 aliphatic rings. The highest BCUT2D eigenvalue weighted by molar-refractivity contribution is 7.92. The van der Waals surface area contributed by atoms with Crippen molar-refractivity contribution in [2.24, 2.45) is 0 Å². The number of carbonyl (C=O) groups is 1. The number of methoxy groups -OCH3 is 2. The lowest BCUT2D eigenvalue weighted by atomic mass is 9.92. The van der Waals surface area contributed by atoms with E-state index in [1.54, 1.807) is 35.2 Å². The largest absolute Gasteiger partial charge is 0.497 e. The summed E-state index contributed by atoms with van der Waals surface area (Å²) in [5.74, 6) is 1.04. The monoisotopic (exact) mass is 402 g/mol. The smallest absolute Gasteiger partial charge is 0.262 e. The van der Waals surface area contributed by atoms with Crippen LogP contribution in [0.1, 0.15) is 24.0 Å².